The van der Waals surface area contributed by atoms with Gasteiger partial charge in [0.1, 0.15) is 11.8 Å². The fourth-order valence-corrected chi connectivity index (χ4v) is 2.13. The van der Waals surface area contributed by atoms with Gasteiger partial charge in [0.2, 0.25) is 0 Å². The van der Waals surface area contributed by atoms with Crippen LogP contribution in [0.5, 0.6) is 0 Å². The molecule has 0 spiro atoms. The zero-order valence-electron chi connectivity index (χ0n) is 9.60. The standard InChI is InChI=1S/C13H12ClNO3/c14-12-6-9-3-4-10(13(16)17)5-11(9)15(12)18-7-8-1-2-8/h3-6,8H,1-2,7H2,(H,16,17). The van der Waals surface area contributed by atoms with E-state index >= 15 is 0 Å². The van der Waals surface area contributed by atoms with Crippen LogP contribution in [-0.2, 0) is 0 Å². The molecule has 3 rings (SSSR count). The number of nitrogens with zero attached hydrogens (tertiary/aromatic N) is 1. The van der Waals surface area contributed by atoms with Gasteiger partial charge in [-0.1, -0.05) is 17.7 Å². The molecule has 0 aliphatic heterocycles. The van der Waals surface area contributed by atoms with Gasteiger partial charge in [0.05, 0.1) is 11.1 Å². The van der Waals surface area contributed by atoms with E-state index in [9.17, 15) is 4.79 Å². The maximum Gasteiger partial charge on any atom is 0.335 e. The highest BCUT2D eigenvalue weighted by molar-refractivity contribution is 6.30. The highest BCUT2D eigenvalue weighted by atomic mass is 35.5. The molecule has 18 heavy (non-hydrogen) atoms. The van der Waals surface area contributed by atoms with Gasteiger partial charge in [-0.25, -0.2) is 4.79 Å². The summed E-state index contributed by atoms with van der Waals surface area (Å²) >= 11 is 6.09. The first-order valence-electron chi connectivity index (χ1n) is 5.83. The maximum atomic E-state index is 11.0. The number of aromatic nitrogens is 1. The normalized spacial score (nSPS) is 14.9. The summed E-state index contributed by atoms with van der Waals surface area (Å²) in [6.07, 6.45) is 2.38. The summed E-state index contributed by atoms with van der Waals surface area (Å²) in [5.74, 6) is -0.343. The van der Waals surface area contributed by atoms with Crippen LogP contribution in [0.25, 0.3) is 10.9 Å². The van der Waals surface area contributed by atoms with Crippen LogP contribution in [0.1, 0.15) is 23.2 Å². The predicted molar refractivity (Wildman–Crippen MR) is 68.1 cm³/mol. The van der Waals surface area contributed by atoms with Gasteiger partial charge in [0.15, 0.2) is 0 Å². The zero-order chi connectivity index (χ0) is 12.7. The van der Waals surface area contributed by atoms with E-state index in [-0.39, 0.29) is 5.56 Å². The average Bonchev–Trinajstić information content (AvgIpc) is 3.10. The summed E-state index contributed by atoms with van der Waals surface area (Å²) in [5, 5.41) is 10.3. The van der Waals surface area contributed by atoms with Gasteiger partial charge in [-0.05, 0) is 37.0 Å². The van der Waals surface area contributed by atoms with E-state index in [1.165, 1.54) is 17.6 Å². The molecule has 2 aromatic rings. The molecule has 0 amide bonds. The summed E-state index contributed by atoms with van der Waals surface area (Å²) in [6, 6.07) is 6.65. The Labute approximate surface area is 109 Å². The molecular weight excluding hydrogens is 254 g/mol. The van der Waals surface area contributed by atoms with Crippen LogP contribution in [0, 0.1) is 5.92 Å². The topological polar surface area (TPSA) is 51.5 Å². The van der Waals surface area contributed by atoms with Crippen molar-refractivity contribution in [2.45, 2.75) is 12.8 Å². The van der Waals surface area contributed by atoms with Crippen molar-refractivity contribution in [3.63, 3.8) is 0 Å². The zero-order valence-corrected chi connectivity index (χ0v) is 10.4. The Balaban J connectivity index is 2.00. The summed E-state index contributed by atoms with van der Waals surface area (Å²) in [5.41, 5.74) is 0.925. The van der Waals surface area contributed by atoms with Crippen molar-refractivity contribution in [1.29, 1.82) is 0 Å². The third-order valence-electron chi connectivity index (χ3n) is 3.10. The molecule has 1 aromatic heterocycles. The van der Waals surface area contributed by atoms with Crippen molar-refractivity contribution >= 4 is 28.5 Å². The summed E-state index contributed by atoms with van der Waals surface area (Å²) in [6.45, 7) is 0.626. The molecule has 1 fully saturated rings. The van der Waals surface area contributed by atoms with Gasteiger partial charge in [-0.2, -0.15) is 4.73 Å². The van der Waals surface area contributed by atoms with Crippen molar-refractivity contribution in [2.24, 2.45) is 5.92 Å². The van der Waals surface area contributed by atoms with E-state index in [4.69, 9.17) is 21.5 Å². The van der Waals surface area contributed by atoms with Gasteiger partial charge in [-0.3, -0.25) is 0 Å². The molecule has 0 radical (unpaired) electrons. The van der Waals surface area contributed by atoms with E-state index in [1.54, 1.807) is 24.3 Å². The molecule has 1 N–H and O–H groups in total. The molecule has 1 aliphatic carbocycles. The number of hydrogen-bond donors (Lipinski definition) is 1. The number of benzene rings is 1. The van der Waals surface area contributed by atoms with Gasteiger partial charge in [0, 0.05) is 5.39 Å². The molecule has 0 saturated heterocycles. The van der Waals surface area contributed by atoms with Crippen molar-refractivity contribution in [1.82, 2.24) is 4.73 Å². The van der Waals surface area contributed by atoms with E-state index in [2.05, 4.69) is 0 Å². The van der Waals surface area contributed by atoms with Crippen LogP contribution >= 0.6 is 11.6 Å². The minimum atomic E-state index is -0.956. The minimum Gasteiger partial charge on any atom is -0.478 e. The molecule has 1 aliphatic rings. The van der Waals surface area contributed by atoms with Crippen molar-refractivity contribution < 1.29 is 14.7 Å². The van der Waals surface area contributed by atoms with E-state index in [1.807, 2.05) is 0 Å². The number of fused-ring (bicyclic) bond motifs is 1. The molecule has 94 valence electrons. The highest BCUT2D eigenvalue weighted by Crippen LogP contribution is 2.29. The Morgan fingerprint density at radius 3 is 2.89 bits per heavy atom. The van der Waals surface area contributed by atoms with Gasteiger partial charge >= 0.3 is 5.97 Å². The largest absolute Gasteiger partial charge is 0.478 e. The Bertz CT molecular complexity index is 616. The summed E-state index contributed by atoms with van der Waals surface area (Å²) < 4.78 is 1.52. The summed E-state index contributed by atoms with van der Waals surface area (Å²) in [7, 11) is 0. The van der Waals surface area contributed by atoms with Gasteiger partial charge < -0.3 is 9.94 Å². The monoisotopic (exact) mass is 265 g/mol. The third-order valence-corrected chi connectivity index (χ3v) is 3.36. The number of halogens is 1. The lowest BCUT2D eigenvalue weighted by atomic mass is 10.2. The number of hydrogen-bond acceptors (Lipinski definition) is 2. The second-order valence-corrected chi connectivity index (χ2v) is 4.97. The molecule has 1 heterocycles. The fourth-order valence-electron chi connectivity index (χ4n) is 1.87. The van der Waals surface area contributed by atoms with E-state index in [0.29, 0.717) is 23.2 Å². The number of carboxylic acid groups (broad SMARTS) is 1. The Morgan fingerprint density at radius 2 is 2.22 bits per heavy atom. The van der Waals surface area contributed by atoms with Crippen molar-refractivity contribution in [3.05, 3.63) is 35.0 Å². The molecule has 0 atom stereocenters. The molecular formula is C13H12ClNO3. The first-order chi connectivity index (χ1) is 8.65. The quantitative estimate of drug-likeness (QED) is 0.925. The predicted octanol–water partition coefficient (Wildman–Crippen LogP) is 2.83. The SMILES string of the molecule is O=C(O)c1ccc2cc(Cl)n(OCC3CC3)c2c1. The number of carboxylic acids is 1. The Morgan fingerprint density at radius 1 is 1.44 bits per heavy atom. The molecule has 1 aromatic carbocycles. The first kappa shape index (κ1) is 11.4. The number of rotatable bonds is 4. The van der Waals surface area contributed by atoms with Gasteiger partial charge in [-0.15, -0.1) is 0 Å². The van der Waals surface area contributed by atoms with Crippen molar-refractivity contribution in [2.75, 3.05) is 6.61 Å². The van der Waals surface area contributed by atoms with Gasteiger partial charge in [0.25, 0.3) is 0 Å². The number of aromatic carboxylic acids is 1. The van der Waals surface area contributed by atoms with Crippen molar-refractivity contribution in [3.8, 4) is 0 Å². The molecule has 0 unspecified atom stereocenters. The Kier molecular flexibility index (Phi) is 2.67. The van der Waals surface area contributed by atoms with Crippen LogP contribution in [0.4, 0.5) is 0 Å². The second kappa shape index (κ2) is 4.21. The summed E-state index contributed by atoms with van der Waals surface area (Å²) in [4.78, 5) is 16.6. The average molecular weight is 266 g/mol. The Hall–Kier alpha value is -1.68. The van der Waals surface area contributed by atoms with E-state index < -0.39 is 5.97 Å². The third kappa shape index (κ3) is 2.04. The lowest BCUT2D eigenvalue weighted by molar-refractivity contribution is 0.0697. The smallest absolute Gasteiger partial charge is 0.335 e. The first-order valence-corrected chi connectivity index (χ1v) is 6.20. The fraction of sp³-hybridized carbons (Fsp3) is 0.308. The highest BCUT2D eigenvalue weighted by Gasteiger charge is 2.23. The minimum absolute atomic E-state index is 0.230. The lowest BCUT2D eigenvalue weighted by Gasteiger charge is -2.09. The molecule has 0 bridgehead atoms. The second-order valence-electron chi connectivity index (χ2n) is 4.58. The molecule has 5 heteroatoms. The molecule has 1 saturated carbocycles. The number of carbonyl (C=O) groups is 1. The lowest BCUT2D eigenvalue weighted by Crippen LogP contribution is -2.14. The maximum absolute atomic E-state index is 11.0. The van der Waals surface area contributed by atoms with Crippen LogP contribution < -0.4 is 4.84 Å². The van der Waals surface area contributed by atoms with Crippen LogP contribution in [-0.4, -0.2) is 22.4 Å². The molecule has 4 nitrogen and oxygen atoms in total. The van der Waals surface area contributed by atoms with Crippen LogP contribution in [0.3, 0.4) is 0 Å². The van der Waals surface area contributed by atoms with Crippen LogP contribution in [0.15, 0.2) is 24.3 Å². The van der Waals surface area contributed by atoms with Crippen LogP contribution in [0.2, 0.25) is 5.15 Å². The van der Waals surface area contributed by atoms with E-state index in [0.717, 1.165) is 5.39 Å².